The molecule has 3 aromatic rings. The lowest BCUT2D eigenvalue weighted by Crippen LogP contribution is -2.13. The number of hydrogen-bond acceptors (Lipinski definition) is 7. The fourth-order valence-electron chi connectivity index (χ4n) is 2.54. The number of carbonyl (C=O) groups excluding carboxylic acids is 1. The van der Waals surface area contributed by atoms with Crippen molar-refractivity contribution in [2.24, 2.45) is 0 Å². The van der Waals surface area contributed by atoms with Gasteiger partial charge in [0, 0.05) is 22.7 Å². The highest BCUT2D eigenvalue weighted by molar-refractivity contribution is 7.92. The highest BCUT2D eigenvalue weighted by atomic mass is 32.2. The van der Waals surface area contributed by atoms with Crippen LogP contribution in [0.15, 0.2) is 47.8 Å². The molecule has 0 saturated heterocycles. The van der Waals surface area contributed by atoms with Crippen molar-refractivity contribution in [3.05, 3.63) is 53.4 Å². The second-order valence-corrected chi connectivity index (χ2v) is 8.62. The quantitative estimate of drug-likeness (QED) is 0.591. The van der Waals surface area contributed by atoms with Gasteiger partial charge in [-0.25, -0.2) is 13.4 Å². The fourth-order valence-corrected chi connectivity index (χ4v) is 3.82. The summed E-state index contributed by atoms with van der Waals surface area (Å²) in [5.41, 5.74) is 2.29. The first kappa shape index (κ1) is 20.6. The predicted octanol–water partition coefficient (Wildman–Crippen LogP) is 3.45. The van der Waals surface area contributed by atoms with Crippen LogP contribution in [0.25, 0.3) is 11.3 Å². The third-order valence-electron chi connectivity index (χ3n) is 3.86. The van der Waals surface area contributed by atoms with E-state index in [4.69, 9.17) is 9.47 Å². The van der Waals surface area contributed by atoms with Crippen molar-refractivity contribution in [1.29, 1.82) is 0 Å². The summed E-state index contributed by atoms with van der Waals surface area (Å²) >= 11 is 1.28. The second kappa shape index (κ2) is 8.50. The van der Waals surface area contributed by atoms with E-state index in [1.165, 1.54) is 25.6 Å². The number of amides is 1. The molecule has 8 nitrogen and oxygen atoms in total. The third-order valence-corrected chi connectivity index (χ3v) is 5.23. The topological polar surface area (TPSA) is 107 Å². The highest BCUT2D eigenvalue weighted by Crippen LogP contribution is 2.28. The lowest BCUT2D eigenvalue weighted by molar-refractivity contribution is 0.102. The predicted molar refractivity (Wildman–Crippen MR) is 114 cm³/mol. The van der Waals surface area contributed by atoms with Crippen molar-refractivity contribution < 1.29 is 22.7 Å². The van der Waals surface area contributed by atoms with Crippen LogP contribution in [0.2, 0.25) is 0 Å². The minimum atomic E-state index is -3.33. The van der Waals surface area contributed by atoms with Crippen molar-refractivity contribution in [3.8, 4) is 22.8 Å². The zero-order chi connectivity index (χ0) is 21.0. The molecule has 0 unspecified atom stereocenters. The SMILES string of the molecule is COc1ccc(C(=O)Nc2nc(-c3ccc(NS(C)(=O)=O)cc3)cs2)c(OC)c1. The Bertz CT molecular complexity index is 1130. The molecule has 29 heavy (non-hydrogen) atoms. The standard InChI is InChI=1S/C19H19N3O5S2/c1-26-14-8-9-15(17(10-14)27-2)18(23)21-19-20-16(11-28-19)12-4-6-13(7-5-12)22-29(3,24)25/h4-11,22H,1-3H3,(H,20,21,23). The molecule has 1 heterocycles. The van der Waals surface area contributed by atoms with E-state index in [0.717, 1.165) is 11.8 Å². The molecule has 152 valence electrons. The summed E-state index contributed by atoms with van der Waals surface area (Å²) in [6.07, 6.45) is 1.09. The number of anilines is 2. The van der Waals surface area contributed by atoms with Gasteiger partial charge in [-0.2, -0.15) is 0 Å². The number of carbonyl (C=O) groups is 1. The minimum Gasteiger partial charge on any atom is -0.497 e. The molecule has 1 amide bonds. The van der Waals surface area contributed by atoms with Crippen LogP contribution in [-0.2, 0) is 10.0 Å². The van der Waals surface area contributed by atoms with Crippen LogP contribution in [0.5, 0.6) is 11.5 Å². The van der Waals surface area contributed by atoms with Gasteiger partial charge >= 0.3 is 0 Å². The second-order valence-electron chi connectivity index (χ2n) is 6.01. The summed E-state index contributed by atoms with van der Waals surface area (Å²) in [7, 11) is -0.311. The summed E-state index contributed by atoms with van der Waals surface area (Å²) in [6, 6.07) is 11.7. The number of hydrogen-bond donors (Lipinski definition) is 2. The number of rotatable bonds is 7. The number of nitrogens with one attached hydrogen (secondary N) is 2. The molecule has 0 aliphatic carbocycles. The maximum atomic E-state index is 12.6. The van der Waals surface area contributed by atoms with Crippen LogP contribution in [0.3, 0.4) is 0 Å². The van der Waals surface area contributed by atoms with E-state index in [0.29, 0.717) is 33.6 Å². The molecule has 0 spiro atoms. The normalized spacial score (nSPS) is 11.0. The van der Waals surface area contributed by atoms with Gasteiger partial charge in [0.2, 0.25) is 10.0 Å². The maximum absolute atomic E-state index is 12.6. The van der Waals surface area contributed by atoms with Crippen molar-refractivity contribution >= 4 is 38.1 Å². The first-order valence-corrected chi connectivity index (χ1v) is 11.1. The molecule has 0 aliphatic heterocycles. The maximum Gasteiger partial charge on any atom is 0.261 e. The summed E-state index contributed by atoms with van der Waals surface area (Å²) in [5, 5.41) is 5.00. The van der Waals surface area contributed by atoms with Crippen LogP contribution in [0.4, 0.5) is 10.8 Å². The summed E-state index contributed by atoms with van der Waals surface area (Å²) in [5.74, 6) is 0.634. The van der Waals surface area contributed by atoms with Crippen LogP contribution in [0, 0.1) is 0 Å². The summed E-state index contributed by atoms with van der Waals surface area (Å²) < 4.78 is 35.4. The van der Waals surface area contributed by atoms with Crippen molar-refractivity contribution in [2.75, 3.05) is 30.5 Å². The molecule has 2 N–H and O–H groups in total. The average Bonchev–Trinajstić information content (AvgIpc) is 3.15. The largest absolute Gasteiger partial charge is 0.497 e. The van der Waals surface area contributed by atoms with Crippen molar-refractivity contribution in [2.45, 2.75) is 0 Å². The Labute approximate surface area is 172 Å². The van der Waals surface area contributed by atoms with Gasteiger partial charge in [-0.3, -0.25) is 14.8 Å². The monoisotopic (exact) mass is 433 g/mol. The smallest absolute Gasteiger partial charge is 0.261 e. The van der Waals surface area contributed by atoms with E-state index in [1.807, 2.05) is 0 Å². The summed E-state index contributed by atoms with van der Waals surface area (Å²) in [6.45, 7) is 0. The van der Waals surface area contributed by atoms with E-state index < -0.39 is 10.0 Å². The molecule has 10 heteroatoms. The number of sulfonamides is 1. The van der Waals surface area contributed by atoms with E-state index in [2.05, 4.69) is 15.0 Å². The van der Waals surface area contributed by atoms with Crippen LogP contribution in [-0.4, -0.2) is 39.8 Å². The highest BCUT2D eigenvalue weighted by Gasteiger charge is 2.15. The first-order chi connectivity index (χ1) is 13.8. The zero-order valence-electron chi connectivity index (χ0n) is 15.9. The van der Waals surface area contributed by atoms with Crippen LogP contribution < -0.4 is 19.5 Å². The Balaban J connectivity index is 1.74. The van der Waals surface area contributed by atoms with E-state index in [-0.39, 0.29) is 5.91 Å². The number of methoxy groups -OCH3 is 2. The van der Waals surface area contributed by atoms with Gasteiger partial charge < -0.3 is 9.47 Å². The van der Waals surface area contributed by atoms with Crippen LogP contribution >= 0.6 is 11.3 Å². The molecular formula is C19H19N3O5S2. The number of ether oxygens (including phenoxy) is 2. The average molecular weight is 434 g/mol. The fraction of sp³-hybridized carbons (Fsp3) is 0.158. The Morgan fingerprint density at radius 1 is 1.07 bits per heavy atom. The molecule has 0 fully saturated rings. The molecule has 2 aromatic carbocycles. The van der Waals surface area contributed by atoms with Crippen molar-refractivity contribution in [1.82, 2.24) is 4.98 Å². The molecule has 1 aromatic heterocycles. The third kappa shape index (κ3) is 5.24. The molecule has 3 rings (SSSR count). The Morgan fingerprint density at radius 3 is 2.41 bits per heavy atom. The van der Waals surface area contributed by atoms with Gasteiger partial charge in [0.25, 0.3) is 5.91 Å². The zero-order valence-corrected chi connectivity index (χ0v) is 17.6. The molecule has 0 bridgehead atoms. The molecule has 0 radical (unpaired) electrons. The molecule has 0 saturated carbocycles. The Hall–Kier alpha value is -3.11. The number of benzene rings is 2. The number of nitrogens with zero attached hydrogens (tertiary/aromatic N) is 1. The molecule has 0 atom stereocenters. The van der Waals surface area contributed by atoms with Crippen LogP contribution in [0.1, 0.15) is 10.4 Å². The van der Waals surface area contributed by atoms with Crippen molar-refractivity contribution in [3.63, 3.8) is 0 Å². The molecular weight excluding hydrogens is 414 g/mol. The van der Waals surface area contributed by atoms with Gasteiger partial charge in [-0.15, -0.1) is 11.3 Å². The Morgan fingerprint density at radius 2 is 1.79 bits per heavy atom. The number of aromatic nitrogens is 1. The van der Waals surface area contributed by atoms with Gasteiger partial charge in [0.1, 0.15) is 11.5 Å². The van der Waals surface area contributed by atoms with E-state index >= 15 is 0 Å². The van der Waals surface area contributed by atoms with E-state index in [1.54, 1.807) is 47.8 Å². The van der Waals surface area contributed by atoms with E-state index in [9.17, 15) is 13.2 Å². The lowest BCUT2D eigenvalue weighted by atomic mass is 10.1. The van der Waals surface area contributed by atoms with Gasteiger partial charge in [-0.1, -0.05) is 12.1 Å². The Kier molecular flexibility index (Phi) is 6.04. The number of thiazole rings is 1. The molecule has 0 aliphatic rings. The van der Waals surface area contributed by atoms with Gasteiger partial charge in [0.15, 0.2) is 5.13 Å². The first-order valence-electron chi connectivity index (χ1n) is 8.36. The summed E-state index contributed by atoms with van der Waals surface area (Å²) in [4.78, 5) is 17.0. The van der Waals surface area contributed by atoms with Gasteiger partial charge in [-0.05, 0) is 24.3 Å². The lowest BCUT2D eigenvalue weighted by Gasteiger charge is -2.09. The minimum absolute atomic E-state index is 0.349. The van der Waals surface area contributed by atoms with Gasteiger partial charge in [0.05, 0.1) is 31.7 Å².